The predicted octanol–water partition coefficient (Wildman–Crippen LogP) is 8.77. The molecule has 0 spiro atoms. The Kier molecular flexibility index (Phi) is 7.65. The van der Waals surface area contributed by atoms with E-state index in [9.17, 15) is 0 Å². The highest BCUT2D eigenvalue weighted by atomic mass is 79.9. The van der Waals surface area contributed by atoms with Crippen molar-refractivity contribution in [3.63, 3.8) is 0 Å². The van der Waals surface area contributed by atoms with E-state index in [4.69, 9.17) is 0 Å². The number of benzene rings is 4. The highest BCUT2D eigenvalue weighted by Crippen LogP contribution is 2.41. The summed E-state index contributed by atoms with van der Waals surface area (Å²) in [6.07, 6.45) is 0.850. The lowest BCUT2D eigenvalue weighted by molar-refractivity contribution is 0.792. The molecule has 0 amide bonds. The van der Waals surface area contributed by atoms with Gasteiger partial charge in [0.2, 0.25) is 0 Å². The summed E-state index contributed by atoms with van der Waals surface area (Å²) < 4.78 is 3.17. The molecular weight excluding hydrogens is 578 g/mol. The maximum Gasteiger partial charge on any atom is 0.0464 e. The minimum Gasteiger partial charge on any atom is -0.363 e. The lowest BCUT2D eigenvalue weighted by atomic mass is 10.0. The van der Waals surface area contributed by atoms with E-state index in [1.54, 1.807) is 0 Å². The average molecular weight is 600 g/mol. The molecule has 0 aliphatic heterocycles. The Hall–Kier alpha value is -1.88. The Labute approximate surface area is 209 Å². The van der Waals surface area contributed by atoms with Crippen LogP contribution in [0, 0.1) is 0 Å². The van der Waals surface area contributed by atoms with Crippen LogP contribution in [0.5, 0.6) is 0 Å². The zero-order valence-corrected chi connectivity index (χ0v) is 21.7. The number of anilines is 1. The zero-order valence-electron chi connectivity index (χ0n) is 16.9. The van der Waals surface area contributed by atoms with Crippen molar-refractivity contribution in [3.8, 4) is 0 Å². The van der Waals surface area contributed by atoms with Gasteiger partial charge in [-0.15, -0.1) is 0 Å². The molecule has 0 aromatic heterocycles. The third-order valence-electron chi connectivity index (χ3n) is 5.24. The van der Waals surface area contributed by atoms with Gasteiger partial charge in [-0.1, -0.05) is 91.0 Å². The smallest absolute Gasteiger partial charge is 0.0464 e. The minimum absolute atomic E-state index is 0.831. The number of nitrogens with zero attached hydrogens (tertiary/aromatic N) is 1. The summed E-state index contributed by atoms with van der Waals surface area (Å²) in [5.41, 5.74) is 6.36. The van der Waals surface area contributed by atoms with E-state index in [1.165, 1.54) is 27.9 Å². The van der Waals surface area contributed by atoms with Crippen molar-refractivity contribution >= 4 is 53.5 Å². The summed E-state index contributed by atoms with van der Waals surface area (Å²) in [5, 5.41) is 0. The quantitative estimate of drug-likeness (QED) is 0.192. The molecule has 1 nitrogen and oxygen atoms in total. The van der Waals surface area contributed by atoms with Crippen molar-refractivity contribution in [1.29, 1.82) is 0 Å². The van der Waals surface area contributed by atoms with Gasteiger partial charge in [0.1, 0.15) is 0 Å². The van der Waals surface area contributed by atoms with Crippen LogP contribution >= 0.6 is 47.8 Å². The Morgan fingerprint density at radius 3 is 1.48 bits per heavy atom. The molecule has 0 unspecified atom stereocenters. The van der Waals surface area contributed by atoms with Gasteiger partial charge < -0.3 is 4.90 Å². The predicted molar refractivity (Wildman–Crippen MR) is 142 cm³/mol. The summed E-state index contributed by atoms with van der Waals surface area (Å²) in [6.45, 7) is 1.66. The molecule has 156 valence electrons. The number of rotatable bonds is 7. The molecule has 0 aliphatic carbocycles. The van der Waals surface area contributed by atoms with Crippen molar-refractivity contribution in [1.82, 2.24) is 0 Å². The second-order valence-corrected chi connectivity index (χ2v) is 9.91. The van der Waals surface area contributed by atoms with Gasteiger partial charge in [-0.3, -0.25) is 0 Å². The molecular formula is C27H22Br3N. The van der Waals surface area contributed by atoms with Gasteiger partial charge in [0.25, 0.3) is 0 Å². The lowest BCUT2D eigenvalue weighted by Crippen LogP contribution is -2.24. The fraction of sp³-hybridized carbons (Fsp3) is 0.111. The topological polar surface area (TPSA) is 3.24 Å². The highest BCUT2D eigenvalue weighted by molar-refractivity contribution is 9.14. The maximum atomic E-state index is 3.88. The first-order valence-corrected chi connectivity index (χ1v) is 12.5. The second-order valence-electron chi connectivity index (χ2n) is 7.47. The monoisotopic (exact) mass is 597 g/mol. The van der Waals surface area contributed by atoms with Crippen LogP contribution in [0.3, 0.4) is 0 Å². The van der Waals surface area contributed by atoms with E-state index < -0.39 is 0 Å². The van der Waals surface area contributed by atoms with E-state index in [0.29, 0.717) is 0 Å². The van der Waals surface area contributed by atoms with Crippen LogP contribution in [0.25, 0.3) is 0 Å². The van der Waals surface area contributed by atoms with E-state index in [-0.39, 0.29) is 0 Å². The summed E-state index contributed by atoms with van der Waals surface area (Å²) in [4.78, 5) is 2.46. The van der Waals surface area contributed by atoms with E-state index in [0.717, 1.165) is 32.9 Å². The third kappa shape index (κ3) is 5.68. The molecule has 4 aromatic carbocycles. The van der Waals surface area contributed by atoms with Crippen molar-refractivity contribution < 1.29 is 0 Å². The summed E-state index contributed by atoms with van der Waals surface area (Å²) in [5.74, 6) is 0. The summed E-state index contributed by atoms with van der Waals surface area (Å²) >= 11 is 11.4. The Morgan fingerprint density at radius 2 is 1.00 bits per heavy atom. The first kappa shape index (κ1) is 22.3. The minimum atomic E-state index is 0.831. The van der Waals surface area contributed by atoms with Gasteiger partial charge >= 0.3 is 0 Å². The maximum absolute atomic E-state index is 3.88. The van der Waals surface area contributed by atoms with Gasteiger partial charge in [0.05, 0.1) is 0 Å². The van der Waals surface area contributed by atoms with Gasteiger partial charge in [-0.25, -0.2) is 0 Å². The normalized spacial score (nSPS) is 10.8. The molecule has 0 saturated carbocycles. The van der Waals surface area contributed by atoms with Gasteiger partial charge in [-0.2, -0.15) is 0 Å². The SMILES string of the molecule is Brc1cc(N(Cc2ccccc2)Cc2ccccc2)c(Cc2ccccc2)c(Br)c1Br. The number of hydrogen-bond donors (Lipinski definition) is 0. The number of hydrogen-bond acceptors (Lipinski definition) is 1. The largest absolute Gasteiger partial charge is 0.363 e. The number of halogens is 3. The third-order valence-corrected chi connectivity index (χ3v) is 8.63. The molecule has 0 fully saturated rings. The van der Waals surface area contributed by atoms with Crippen LogP contribution in [0.15, 0.2) is 110 Å². The molecule has 0 bridgehead atoms. The van der Waals surface area contributed by atoms with Gasteiger partial charge in [0.15, 0.2) is 0 Å². The second kappa shape index (κ2) is 10.6. The molecule has 4 rings (SSSR count). The molecule has 0 aliphatic rings. The van der Waals surface area contributed by atoms with Crippen LogP contribution in [0.4, 0.5) is 5.69 Å². The van der Waals surface area contributed by atoms with Crippen molar-refractivity contribution in [2.75, 3.05) is 4.90 Å². The van der Waals surface area contributed by atoms with Crippen LogP contribution in [0.2, 0.25) is 0 Å². The summed E-state index contributed by atoms with van der Waals surface area (Å²) in [6, 6.07) is 34.2. The van der Waals surface area contributed by atoms with Crippen molar-refractivity contribution in [3.05, 3.63) is 133 Å². The van der Waals surface area contributed by atoms with Crippen molar-refractivity contribution in [2.24, 2.45) is 0 Å². The van der Waals surface area contributed by atoms with E-state index in [2.05, 4.69) is 150 Å². The molecule has 31 heavy (non-hydrogen) atoms. The molecule has 0 N–H and O–H groups in total. The standard InChI is InChI=1S/C27H22Br3N/c28-24-17-25(23(26(29)27(24)30)16-20-10-4-1-5-11-20)31(18-21-12-6-2-7-13-21)19-22-14-8-3-9-15-22/h1-15,17H,16,18-19H2. The molecule has 0 atom stereocenters. The van der Waals surface area contributed by atoms with Gasteiger partial charge in [-0.05, 0) is 76.1 Å². The first-order chi connectivity index (χ1) is 15.1. The fourth-order valence-electron chi connectivity index (χ4n) is 3.70. The average Bonchev–Trinajstić information content (AvgIpc) is 2.81. The molecule has 4 aromatic rings. The Balaban J connectivity index is 1.80. The molecule has 4 heteroatoms. The first-order valence-electron chi connectivity index (χ1n) is 10.1. The Bertz CT molecular complexity index is 1090. The lowest BCUT2D eigenvalue weighted by Gasteiger charge is -2.29. The summed E-state index contributed by atoms with van der Waals surface area (Å²) in [7, 11) is 0. The fourth-order valence-corrected chi connectivity index (χ4v) is 5.30. The van der Waals surface area contributed by atoms with Crippen LogP contribution in [-0.2, 0) is 19.5 Å². The van der Waals surface area contributed by atoms with Crippen LogP contribution in [0.1, 0.15) is 22.3 Å². The van der Waals surface area contributed by atoms with E-state index >= 15 is 0 Å². The van der Waals surface area contributed by atoms with Gasteiger partial charge in [0, 0.05) is 38.6 Å². The molecule has 0 radical (unpaired) electrons. The van der Waals surface area contributed by atoms with E-state index in [1.807, 2.05) is 0 Å². The van der Waals surface area contributed by atoms with Crippen LogP contribution in [-0.4, -0.2) is 0 Å². The molecule has 0 heterocycles. The van der Waals surface area contributed by atoms with Crippen molar-refractivity contribution in [2.45, 2.75) is 19.5 Å². The highest BCUT2D eigenvalue weighted by Gasteiger charge is 2.19. The Morgan fingerprint density at radius 1 is 0.548 bits per heavy atom. The molecule has 0 saturated heterocycles. The van der Waals surface area contributed by atoms with Crippen LogP contribution < -0.4 is 4.90 Å². The zero-order chi connectivity index (χ0) is 21.6.